The largest absolute Gasteiger partial charge is 0.368 e. The van der Waals surface area contributed by atoms with E-state index in [9.17, 15) is 0 Å². The van der Waals surface area contributed by atoms with E-state index in [0.29, 0.717) is 5.54 Å². The molecule has 2 aliphatic rings. The van der Waals surface area contributed by atoms with E-state index >= 15 is 0 Å². The molecule has 1 heterocycles. The van der Waals surface area contributed by atoms with Gasteiger partial charge in [-0.1, -0.05) is 36.4 Å². The highest BCUT2D eigenvalue weighted by molar-refractivity contribution is 5.94. The lowest BCUT2D eigenvalue weighted by atomic mass is 9.92. The Kier molecular flexibility index (Phi) is 2.74. The van der Waals surface area contributed by atoms with Gasteiger partial charge >= 0.3 is 0 Å². The zero-order chi connectivity index (χ0) is 13.6. The Hall–Kier alpha value is -1.54. The van der Waals surface area contributed by atoms with Gasteiger partial charge in [0.2, 0.25) is 0 Å². The minimum Gasteiger partial charge on any atom is -0.368 e. The van der Waals surface area contributed by atoms with Crippen LogP contribution in [0.4, 0.5) is 5.69 Å². The van der Waals surface area contributed by atoms with Gasteiger partial charge in [0.1, 0.15) is 0 Å². The fourth-order valence-corrected chi connectivity index (χ4v) is 3.69. The Bertz CT molecular complexity index is 627. The number of rotatable bonds is 2. The molecular formula is C18H22N2. The van der Waals surface area contributed by atoms with Crippen LogP contribution in [-0.4, -0.2) is 25.2 Å². The van der Waals surface area contributed by atoms with Gasteiger partial charge in [-0.3, -0.25) is 0 Å². The summed E-state index contributed by atoms with van der Waals surface area (Å²) in [4.78, 5) is 2.58. The zero-order valence-corrected chi connectivity index (χ0v) is 12.1. The summed E-state index contributed by atoms with van der Waals surface area (Å²) in [7, 11) is 0. The number of nitrogens with zero attached hydrogens (tertiary/aromatic N) is 1. The topological polar surface area (TPSA) is 15.3 Å². The fourth-order valence-electron chi connectivity index (χ4n) is 3.69. The number of hydrogen-bond acceptors (Lipinski definition) is 2. The monoisotopic (exact) mass is 266 g/mol. The molecule has 1 unspecified atom stereocenters. The first-order chi connectivity index (χ1) is 9.76. The predicted octanol–water partition coefficient (Wildman–Crippen LogP) is 3.42. The molecule has 1 atom stereocenters. The Morgan fingerprint density at radius 3 is 2.75 bits per heavy atom. The van der Waals surface area contributed by atoms with Crippen LogP contribution < -0.4 is 10.2 Å². The predicted molar refractivity (Wildman–Crippen MR) is 85.3 cm³/mol. The molecule has 4 rings (SSSR count). The summed E-state index contributed by atoms with van der Waals surface area (Å²) in [5.41, 5.74) is 1.70. The molecule has 2 heteroatoms. The van der Waals surface area contributed by atoms with Crippen molar-refractivity contribution in [1.29, 1.82) is 0 Å². The molecule has 1 aliphatic carbocycles. The van der Waals surface area contributed by atoms with Crippen molar-refractivity contribution in [2.45, 2.75) is 25.3 Å². The van der Waals surface area contributed by atoms with Crippen molar-refractivity contribution in [3.05, 3.63) is 42.5 Å². The van der Waals surface area contributed by atoms with Crippen LogP contribution in [0, 0.1) is 5.92 Å². The molecule has 20 heavy (non-hydrogen) atoms. The van der Waals surface area contributed by atoms with Gasteiger partial charge in [0.05, 0.1) is 0 Å². The Labute approximate surface area is 120 Å². The maximum atomic E-state index is 3.76. The Morgan fingerprint density at radius 2 is 1.90 bits per heavy atom. The van der Waals surface area contributed by atoms with Crippen molar-refractivity contribution in [3.8, 4) is 0 Å². The van der Waals surface area contributed by atoms with E-state index in [4.69, 9.17) is 0 Å². The molecule has 1 saturated carbocycles. The van der Waals surface area contributed by atoms with Gasteiger partial charge in [0, 0.05) is 36.2 Å². The SMILES string of the molecule is CC1(C2CC2)CN(c2cccc3ccccc23)CCN1. The van der Waals surface area contributed by atoms with Crippen molar-refractivity contribution in [2.24, 2.45) is 5.92 Å². The molecular weight excluding hydrogens is 244 g/mol. The van der Waals surface area contributed by atoms with Crippen LogP contribution in [0.1, 0.15) is 19.8 Å². The van der Waals surface area contributed by atoms with E-state index in [1.165, 1.54) is 29.3 Å². The lowest BCUT2D eigenvalue weighted by Crippen LogP contribution is -2.60. The second-order valence-corrected chi connectivity index (χ2v) is 6.54. The lowest BCUT2D eigenvalue weighted by molar-refractivity contribution is 0.285. The van der Waals surface area contributed by atoms with Gasteiger partial charge in [-0.25, -0.2) is 0 Å². The van der Waals surface area contributed by atoms with Crippen molar-refractivity contribution >= 4 is 16.5 Å². The van der Waals surface area contributed by atoms with E-state index in [1.807, 2.05) is 0 Å². The highest BCUT2D eigenvalue weighted by atomic mass is 15.2. The van der Waals surface area contributed by atoms with Crippen molar-refractivity contribution < 1.29 is 0 Å². The van der Waals surface area contributed by atoms with E-state index in [1.54, 1.807) is 0 Å². The highest BCUT2D eigenvalue weighted by Gasteiger charge is 2.44. The average molecular weight is 266 g/mol. The van der Waals surface area contributed by atoms with Crippen LogP contribution in [0.5, 0.6) is 0 Å². The van der Waals surface area contributed by atoms with Crippen molar-refractivity contribution in [2.75, 3.05) is 24.5 Å². The summed E-state index contributed by atoms with van der Waals surface area (Å²) < 4.78 is 0. The van der Waals surface area contributed by atoms with Gasteiger partial charge < -0.3 is 10.2 Å². The molecule has 104 valence electrons. The third-order valence-corrected chi connectivity index (χ3v) is 5.02. The van der Waals surface area contributed by atoms with Crippen molar-refractivity contribution in [3.63, 3.8) is 0 Å². The first-order valence-corrected chi connectivity index (χ1v) is 7.74. The second-order valence-electron chi connectivity index (χ2n) is 6.54. The molecule has 0 aromatic heterocycles. The summed E-state index contributed by atoms with van der Waals surface area (Å²) in [6.45, 7) is 5.74. The first kappa shape index (κ1) is 12.2. The third-order valence-electron chi connectivity index (χ3n) is 5.02. The standard InChI is InChI=1S/C18H22N2/c1-18(15-9-10-15)13-20(12-11-19-18)17-8-4-6-14-5-2-3-7-16(14)17/h2-8,15,19H,9-13H2,1H3. The van der Waals surface area contributed by atoms with Crippen LogP contribution in [-0.2, 0) is 0 Å². The molecule has 2 aromatic rings. The van der Waals surface area contributed by atoms with Crippen molar-refractivity contribution in [1.82, 2.24) is 5.32 Å². The molecule has 1 aliphatic heterocycles. The number of piperazine rings is 1. The number of fused-ring (bicyclic) bond motifs is 1. The quantitative estimate of drug-likeness (QED) is 0.896. The van der Waals surface area contributed by atoms with Gasteiger partial charge in [0.15, 0.2) is 0 Å². The third kappa shape index (κ3) is 1.99. The van der Waals surface area contributed by atoms with E-state index < -0.39 is 0 Å². The molecule has 0 bridgehead atoms. The second kappa shape index (κ2) is 4.49. The van der Waals surface area contributed by atoms with Crippen LogP contribution in [0.2, 0.25) is 0 Å². The van der Waals surface area contributed by atoms with E-state index in [2.05, 4.69) is 59.6 Å². The minimum atomic E-state index is 0.301. The summed E-state index contributed by atoms with van der Waals surface area (Å²) >= 11 is 0. The normalized spacial score (nSPS) is 26.9. The average Bonchev–Trinajstić information content (AvgIpc) is 3.32. The van der Waals surface area contributed by atoms with Gasteiger partial charge in [-0.2, -0.15) is 0 Å². The maximum Gasteiger partial charge on any atom is 0.0446 e. The summed E-state index contributed by atoms with van der Waals surface area (Å²) in [6, 6.07) is 15.4. The maximum absolute atomic E-state index is 3.76. The summed E-state index contributed by atoms with van der Waals surface area (Å²) in [5, 5.41) is 6.49. The molecule has 1 saturated heterocycles. The molecule has 1 N–H and O–H groups in total. The number of nitrogens with one attached hydrogen (secondary N) is 1. The number of benzene rings is 2. The smallest absolute Gasteiger partial charge is 0.0446 e. The molecule has 2 fully saturated rings. The van der Waals surface area contributed by atoms with Crippen LogP contribution in [0.15, 0.2) is 42.5 Å². The van der Waals surface area contributed by atoms with Gasteiger partial charge in [-0.15, -0.1) is 0 Å². The van der Waals surface area contributed by atoms with E-state index in [-0.39, 0.29) is 0 Å². The highest BCUT2D eigenvalue weighted by Crippen LogP contribution is 2.41. The molecule has 0 spiro atoms. The lowest BCUT2D eigenvalue weighted by Gasteiger charge is -2.43. The summed E-state index contributed by atoms with van der Waals surface area (Å²) in [6.07, 6.45) is 2.79. The van der Waals surface area contributed by atoms with Gasteiger partial charge in [-0.05, 0) is 37.1 Å². The Morgan fingerprint density at radius 1 is 1.10 bits per heavy atom. The Balaban J connectivity index is 1.71. The van der Waals surface area contributed by atoms with Crippen LogP contribution in [0.25, 0.3) is 10.8 Å². The van der Waals surface area contributed by atoms with Crippen LogP contribution in [0.3, 0.4) is 0 Å². The molecule has 0 amide bonds. The summed E-state index contributed by atoms with van der Waals surface area (Å²) in [5.74, 6) is 0.875. The fraction of sp³-hybridized carbons (Fsp3) is 0.444. The van der Waals surface area contributed by atoms with Gasteiger partial charge in [0.25, 0.3) is 0 Å². The number of hydrogen-bond donors (Lipinski definition) is 1. The molecule has 2 nitrogen and oxygen atoms in total. The van der Waals surface area contributed by atoms with Crippen LogP contribution >= 0.6 is 0 Å². The number of anilines is 1. The molecule has 0 radical (unpaired) electrons. The molecule has 2 aromatic carbocycles. The minimum absolute atomic E-state index is 0.301. The first-order valence-electron chi connectivity index (χ1n) is 7.74. The zero-order valence-electron chi connectivity index (χ0n) is 12.1. The van der Waals surface area contributed by atoms with E-state index in [0.717, 1.165) is 25.6 Å².